The van der Waals surface area contributed by atoms with Gasteiger partial charge < -0.3 is 5.32 Å². The van der Waals surface area contributed by atoms with Crippen LogP contribution in [0.25, 0.3) is 17.2 Å². The minimum absolute atomic E-state index is 0.123. The fourth-order valence-corrected chi connectivity index (χ4v) is 5.69. The molecule has 0 spiro atoms. The van der Waals surface area contributed by atoms with Crippen molar-refractivity contribution < 1.29 is 4.24 Å². The van der Waals surface area contributed by atoms with Gasteiger partial charge in [-0.25, -0.2) is 0 Å². The number of benzene rings is 4. The third kappa shape index (κ3) is 5.01. The van der Waals surface area contributed by atoms with Crippen molar-refractivity contribution in [1.29, 1.82) is 0 Å². The van der Waals surface area contributed by atoms with E-state index in [4.69, 9.17) is 0 Å². The molecule has 0 bridgehead atoms. The van der Waals surface area contributed by atoms with Crippen LogP contribution >= 0.6 is 0 Å². The number of aromatic nitrogens is 1. The zero-order chi connectivity index (χ0) is 27.5. The molecule has 196 valence electrons. The molecule has 6 rings (SSSR count). The predicted molar refractivity (Wildman–Crippen MR) is 166 cm³/mol. The van der Waals surface area contributed by atoms with Crippen LogP contribution in [0.2, 0.25) is 0 Å². The van der Waals surface area contributed by atoms with Crippen LogP contribution in [0.1, 0.15) is 48.2 Å². The van der Waals surface area contributed by atoms with Crippen molar-refractivity contribution in [3.8, 4) is 11.1 Å². The lowest BCUT2D eigenvalue weighted by atomic mass is 9.92. The highest BCUT2D eigenvalue weighted by Crippen LogP contribution is 2.33. The highest BCUT2D eigenvalue weighted by Gasteiger charge is 2.25. The number of hydrogen-bond donors (Lipinski definition) is 1. The largest absolute Gasteiger partial charge is 0.369 e. The van der Waals surface area contributed by atoms with Gasteiger partial charge in [0.15, 0.2) is 0 Å². The molecule has 0 aliphatic heterocycles. The maximum absolute atomic E-state index is 4.62. The quantitative estimate of drug-likeness (QED) is 0.227. The van der Waals surface area contributed by atoms with Crippen LogP contribution < -0.4 is 14.8 Å². The van der Waals surface area contributed by atoms with Gasteiger partial charge in [0, 0.05) is 17.8 Å². The van der Waals surface area contributed by atoms with Gasteiger partial charge >= 0.3 is 0 Å². The fourth-order valence-electron chi connectivity index (χ4n) is 5.69. The number of allylic oxidation sites excluding steroid dienone is 2. The van der Waals surface area contributed by atoms with Crippen molar-refractivity contribution in [3.63, 3.8) is 0 Å². The Morgan fingerprint density at radius 2 is 1.50 bits per heavy atom. The van der Waals surface area contributed by atoms with Crippen molar-refractivity contribution in [1.82, 2.24) is 0 Å². The maximum atomic E-state index is 4.62. The first-order valence-electron chi connectivity index (χ1n) is 14.1. The first-order chi connectivity index (χ1) is 19.6. The Hall–Kier alpha value is -4.69. The Morgan fingerprint density at radius 1 is 0.750 bits per heavy atom. The average molecular weight is 520 g/mol. The Balaban J connectivity index is 1.59. The molecule has 1 aliphatic carbocycles. The lowest BCUT2D eigenvalue weighted by Gasteiger charge is -2.21. The Kier molecular flexibility index (Phi) is 7.16. The van der Waals surface area contributed by atoms with Gasteiger partial charge in [0.1, 0.15) is 12.8 Å². The highest BCUT2D eigenvalue weighted by molar-refractivity contribution is 5.69. The third-order valence-corrected chi connectivity index (χ3v) is 7.87. The van der Waals surface area contributed by atoms with Crippen LogP contribution in [-0.2, 0) is 6.42 Å². The molecule has 0 radical (unpaired) electrons. The number of anilines is 1. The first-order valence-corrected chi connectivity index (χ1v) is 14.1. The summed E-state index contributed by atoms with van der Waals surface area (Å²) in [5.41, 5.74) is 8.47. The van der Waals surface area contributed by atoms with E-state index in [1.54, 1.807) is 0 Å². The second-order valence-electron chi connectivity index (χ2n) is 10.7. The van der Waals surface area contributed by atoms with Crippen molar-refractivity contribution in [2.75, 3.05) is 5.32 Å². The zero-order valence-corrected chi connectivity index (χ0v) is 23.2. The zero-order valence-electron chi connectivity index (χ0n) is 23.2. The van der Waals surface area contributed by atoms with Crippen LogP contribution in [0.15, 0.2) is 127 Å². The molecule has 1 aliphatic rings. The van der Waals surface area contributed by atoms with Gasteiger partial charge in [-0.05, 0) is 69.6 Å². The molecule has 40 heavy (non-hydrogen) atoms. The maximum Gasteiger partial charge on any atom is 0.218 e. The highest BCUT2D eigenvalue weighted by atomic mass is 15.0. The predicted octanol–water partition coefficient (Wildman–Crippen LogP) is 7.79. The molecule has 0 amide bonds. The molecular formula is C38H35N2+. The van der Waals surface area contributed by atoms with Crippen molar-refractivity contribution >= 4 is 11.8 Å². The van der Waals surface area contributed by atoms with E-state index in [9.17, 15) is 0 Å². The summed E-state index contributed by atoms with van der Waals surface area (Å²) in [5, 5.41) is 7.47. The first kappa shape index (κ1) is 25.6. The molecule has 1 unspecified atom stereocenters. The number of fused-ring (bicyclic) bond motifs is 1. The lowest BCUT2D eigenvalue weighted by molar-refractivity contribution is -0.520. The van der Waals surface area contributed by atoms with E-state index < -0.39 is 0 Å². The second kappa shape index (κ2) is 11.2. The number of rotatable bonds is 6. The average Bonchev–Trinajstić information content (AvgIpc) is 3.01. The van der Waals surface area contributed by atoms with Gasteiger partial charge in [0.25, 0.3) is 0 Å². The smallest absolute Gasteiger partial charge is 0.218 e. The number of pyridine rings is 1. The van der Waals surface area contributed by atoms with E-state index in [-0.39, 0.29) is 6.04 Å². The number of nitrogens with zero attached hydrogens (tertiary/aromatic N) is 1. The van der Waals surface area contributed by atoms with Crippen molar-refractivity contribution in [2.45, 2.75) is 32.2 Å². The van der Waals surface area contributed by atoms with Gasteiger partial charge in [-0.2, -0.15) is 4.24 Å². The molecule has 2 heteroatoms. The van der Waals surface area contributed by atoms with E-state index >= 15 is 0 Å². The standard InChI is InChI=1S/C38H35N2/c1-27(2)28-23-25-31(26-24-28)39-38(35-19-10-9-18-33(35)29-13-5-4-6-14-29)37-22-12-21-36(40(37)3)34-20-11-16-30-15-7-8-17-32(30)34/h4-14,16-27,38-39H,3,15H2,1-2H3/q+1. The normalized spacial score (nSPS) is 13.9. The van der Waals surface area contributed by atoms with Crippen LogP contribution in [0, 0.1) is 17.3 Å². The molecule has 0 saturated carbocycles. The summed E-state index contributed by atoms with van der Waals surface area (Å²) in [5.74, 6) is 0.491. The number of hydrogen-bond acceptors (Lipinski definition) is 1. The minimum Gasteiger partial charge on any atom is -0.369 e. The molecular weight excluding hydrogens is 484 g/mol. The molecule has 0 fully saturated rings. The Labute approximate surface area is 236 Å². The van der Waals surface area contributed by atoms with E-state index in [1.165, 1.54) is 38.3 Å². The summed E-state index contributed by atoms with van der Waals surface area (Å²) in [7, 11) is 0. The van der Waals surface area contributed by atoms with Crippen LogP contribution in [0.4, 0.5) is 5.69 Å². The molecule has 5 aromatic rings. The molecule has 0 saturated heterocycles. The van der Waals surface area contributed by atoms with Gasteiger partial charge in [-0.1, -0.05) is 111 Å². The van der Waals surface area contributed by atoms with Gasteiger partial charge in [0.2, 0.25) is 11.0 Å². The van der Waals surface area contributed by atoms with E-state index in [0.29, 0.717) is 5.92 Å². The Morgan fingerprint density at radius 3 is 2.30 bits per heavy atom. The summed E-state index contributed by atoms with van der Waals surface area (Å²) in [4.78, 5) is 0. The lowest BCUT2D eigenvalue weighted by Crippen LogP contribution is -2.30. The summed E-state index contributed by atoms with van der Waals surface area (Å²) in [6.45, 7) is 9.08. The minimum atomic E-state index is -0.123. The Bertz CT molecular complexity index is 1880. The van der Waals surface area contributed by atoms with E-state index in [2.05, 4.69) is 164 Å². The molecule has 1 atom stereocenters. The van der Waals surface area contributed by atoms with Gasteiger partial charge in [-0.3, -0.25) is 0 Å². The van der Waals surface area contributed by atoms with E-state index in [1.807, 2.05) is 0 Å². The summed E-state index contributed by atoms with van der Waals surface area (Å²) in [6.07, 6.45) is 7.55. The summed E-state index contributed by atoms with van der Waals surface area (Å²) >= 11 is 0. The SMILES string of the molecule is C=[n+]1c(C(Nc2ccc(C(C)C)cc2)c2ccccc2-c2ccccc2)cccc1=c1cccc2c1=CC=CC2. The number of nitrogens with one attached hydrogen (secondary N) is 1. The van der Waals surface area contributed by atoms with E-state index in [0.717, 1.165) is 23.2 Å². The van der Waals surface area contributed by atoms with Gasteiger partial charge in [-0.15, -0.1) is 0 Å². The van der Waals surface area contributed by atoms with Crippen LogP contribution in [-0.4, -0.2) is 0 Å². The monoisotopic (exact) mass is 519 g/mol. The van der Waals surface area contributed by atoms with Crippen LogP contribution in [0.3, 0.4) is 0 Å². The fraction of sp³-hybridized carbons (Fsp3) is 0.132. The topological polar surface area (TPSA) is 17.9 Å². The van der Waals surface area contributed by atoms with Crippen molar-refractivity contribution in [2.24, 2.45) is 0 Å². The molecule has 4 aromatic carbocycles. The molecule has 1 aromatic heterocycles. The molecule has 2 nitrogen and oxygen atoms in total. The summed E-state index contributed by atoms with van der Waals surface area (Å²) < 4.78 is 2.11. The molecule has 1 heterocycles. The van der Waals surface area contributed by atoms with Crippen LogP contribution in [0.5, 0.6) is 0 Å². The second-order valence-corrected chi connectivity index (χ2v) is 10.7. The molecule has 1 N–H and O–H groups in total. The third-order valence-electron chi connectivity index (χ3n) is 7.87. The van der Waals surface area contributed by atoms with Crippen molar-refractivity contribution in [3.05, 3.63) is 172 Å². The summed E-state index contributed by atoms with van der Waals surface area (Å²) in [6, 6.07) is 41.2. The van der Waals surface area contributed by atoms with Gasteiger partial charge in [0.05, 0.1) is 5.22 Å².